The zero-order chi connectivity index (χ0) is 16.2. The van der Waals surface area contributed by atoms with E-state index in [4.69, 9.17) is 9.47 Å². The summed E-state index contributed by atoms with van der Waals surface area (Å²) in [5, 5.41) is 6.31. The van der Waals surface area contributed by atoms with Crippen LogP contribution in [0.15, 0.2) is 24.3 Å². The number of carbonyl (C=O) groups excluding carboxylic acids is 1. The Morgan fingerprint density at radius 3 is 2.73 bits per heavy atom. The van der Waals surface area contributed by atoms with E-state index < -0.39 is 5.60 Å². The summed E-state index contributed by atoms with van der Waals surface area (Å²) >= 11 is 0. The van der Waals surface area contributed by atoms with Gasteiger partial charge in [-0.2, -0.15) is 0 Å². The number of hydrogen-bond acceptors (Lipinski definition) is 4. The van der Waals surface area contributed by atoms with Crippen LogP contribution in [0.5, 0.6) is 5.75 Å². The maximum atomic E-state index is 12.0. The first kappa shape index (κ1) is 16.6. The molecule has 0 bridgehead atoms. The topological polar surface area (TPSA) is 59.6 Å². The molecule has 5 heteroatoms. The van der Waals surface area contributed by atoms with Gasteiger partial charge in [0, 0.05) is 24.6 Å². The van der Waals surface area contributed by atoms with Crippen LogP contribution in [0.2, 0.25) is 0 Å². The van der Waals surface area contributed by atoms with Crippen molar-refractivity contribution in [3.05, 3.63) is 29.8 Å². The van der Waals surface area contributed by atoms with Crippen LogP contribution in [-0.4, -0.2) is 37.4 Å². The summed E-state index contributed by atoms with van der Waals surface area (Å²) in [6.07, 6.45) is -0.375. The van der Waals surface area contributed by atoms with E-state index in [1.807, 2.05) is 45.9 Å². The average Bonchev–Trinajstić information content (AvgIpc) is 2.85. The Morgan fingerprint density at radius 2 is 2.05 bits per heavy atom. The van der Waals surface area contributed by atoms with Crippen molar-refractivity contribution < 1.29 is 14.3 Å². The predicted octanol–water partition coefficient (Wildman–Crippen LogP) is 2.67. The van der Waals surface area contributed by atoms with Crippen molar-refractivity contribution in [3.8, 4) is 5.75 Å². The monoisotopic (exact) mass is 306 g/mol. The van der Waals surface area contributed by atoms with Gasteiger partial charge in [-0.3, -0.25) is 0 Å². The molecule has 1 heterocycles. The third-order valence-electron chi connectivity index (χ3n) is 3.53. The van der Waals surface area contributed by atoms with Crippen molar-refractivity contribution in [1.82, 2.24) is 10.6 Å². The minimum Gasteiger partial charge on any atom is -0.494 e. The minimum absolute atomic E-state index is 0.00328. The van der Waals surface area contributed by atoms with Gasteiger partial charge in [0.25, 0.3) is 0 Å². The number of ether oxygens (including phenoxy) is 2. The van der Waals surface area contributed by atoms with Gasteiger partial charge in [0.1, 0.15) is 11.4 Å². The molecule has 0 saturated carbocycles. The van der Waals surface area contributed by atoms with Gasteiger partial charge in [0.05, 0.1) is 12.6 Å². The second-order valence-electron chi connectivity index (χ2n) is 6.49. The molecule has 22 heavy (non-hydrogen) atoms. The van der Waals surface area contributed by atoms with Gasteiger partial charge in [-0.1, -0.05) is 18.2 Å². The Hall–Kier alpha value is -1.75. The molecule has 1 amide bonds. The van der Waals surface area contributed by atoms with E-state index in [0.717, 1.165) is 24.4 Å². The average molecular weight is 306 g/mol. The molecule has 1 aliphatic rings. The predicted molar refractivity (Wildman–Crippen MR) is 86.4 cm³/mol. The summed E-state index contributed by atoms with van der Waals surface area (Å²) in [6.45, 7) is 9.72. The van der Waals surface area contributed by atoms with E-state index in [1.165, 1.54) is 0 Å². The molecule has 5 nitrogen and oxygen atoms in total. The normalized spacial score (nSPS) is 21.5. The van der Waals surface area contributed by atoms with Gasteiger partial charge < -0.3 is 20.1 Å². The van der Waals surface area contributed by atoms with Gasteiger partial charge in [0.15, 0.2) is 0 Å². The number of para-hydroxylation sites is 1. The van der Waals surface area contributed by atoms with E-state index in [1.54, 1.807) is 0 Å². The van der Waals surface area contributed by atoms with Crippen molar-refractivity contribution in [2.24, 2.45) is 0 Å². The van der Waals surface area contributed by atoms with Crippen molar-refractivity contribution in [3.63, 3.8) is 0 Å². The van der Waals surface area contributed by atoms with Crippen molar-refractivity contribution in [2.75, 3.05) is 19.7 Å². The zero-order valence-corrected chi connectivity index (χ0v) is 13.8. The van der Waals surface area contributed by atoms with E-state index in [9.17, 15) is 4.79 Å². The first-order valence-electron chi connectivity index (χ1n) is 7.82. The summed E-state index contributed by atoms with van der Waals surface area (Å²) < 4.78 is 11.1. The maximum Gasteiger partial charge on any atom is 0.407 e. The lowest BCUT2D eigenvalue weighted by Crippen LogP contribution is -2.42. The molecule has 1 aliphatic heterocycles. The van der Waals surface area contributed by atoms with E-state index in [0.29, 0.717) is 6.61 Å². The summed E-state index contributed by atoms with van der Waals surface area (Å²) in [5.74, 6) is 1.06. The van der Waals surface area contributed by atoms with E-state index in [-0.39, 0.29) is 18.1 Å². The Morgan fingerprint density at radius 1 is 1.32 bits per heavy atom. The fourth-order valence-electron chi connectivity index (χ4n) is 2.69. The molecule has 1 aromatic rings. The van der Waals surface area contributed by atoms with Crippen molar-refractivity contribution in [2.45, 2.75) is 45.3 Å². The molecule has 0 unspecified atom stereocenters. The van der Waals surface area contributed by atoms with Crippen molar-refractivity contribution >= 4 is 6.09 Å². The van der Waals surface area contributed by atoms with Gasteiger partial charge in [-0.15, -0.1) is 0 Å². The van der Waals surface area contributed by atoms with Gasteiger partial charge in [0.2, 0.25) is 0 Å². The molecule has 1 fully saturated rings. The summed E-state index contributed by atoms with van der Waals surface area (Å²) in [6, 6.07) is 8.00. The second kappa shape index (κ2) is 7.01. The molecule has 1 saturated heterocycles. The number of alkyl carbamates (subject to hydrolysis) is 1. The second-order valence-corrected chi connectivity index (χ2v) is 6.49. The fraction of sp³-hybridized carbons (Fsp3) is 0.588. The number of carbonyl (C=O) groups is 1. The molecular weight excluding hydrogens is 280 g/mol. The highest BCUT2D eigenvalue weighted by molar-refractivity contribution is 5.68. The van der Waals surface area contributed by atoms with Crippen LogP contribution in [0.1, 0.15) is 39.2 Å². The minimum atomic E-state index is -0.491. The van der Waals surface area contributed by atoms with E-state index >= 15 is 0 Å². The Balaban J connectivity index is 2.09. The Bertz CT molecular complexity index is 511. The number of benzene rings is 1. The first-order chi connectivity index (χ1) is 10.4. The molecule has 2 rings (SSSR count). The fourth-order valence-corrected chi connectivity index (χ4v) is 2.69. The van der Waals surface area contributed by atoms with Crippen molar-refractivity contribution in [1.29, 1.82) is 0 Å². The summed E-state index contributed by atoms with van der Waals surface area (Å²) in [7, 11) is 0. The highest BCUT2D eigenvalue weighted by Crippen LogP contribution is 2.31. The SMILES string of the molecule is CCOc1ccccc1[C@@H]1CNC[C@H]1NC(=O)OC(C)(C)C. The standard InChI is InChI=1S/C17H26N2O3/c1-5-21-15-9-7-6-8-12(15)13-10-18-11-14(13)19-16(20)22-17(2,3)4/h6-9,13-14,18H,5,10-11H2,1-4H3,(H,19,20)/t13-,14+/m0/s1. The first-order valence-corrected chi connectivity index (χ1v) is 7.82. The van der Waals surface area contributed by atoms with Gasteiger partial charge >= 0.3 is 6.09 Å². The lowest BCUT2D eigenvalue weighted by atomic mass is 9.93. The number of rotatable bonds is 4. The molecule has 2 N–H and O–H groups in total. The highest BCUT2D eigenvalue weighted by Gasteiger charge is 2.32. The number of amides is 1. The van der Waals surface area contributed by atoms with Crippen LogP contribution in [-0.2, 0) is 4.74 Å². The van der Waals surface area contributed by atoms with Gasteiger partial charge in [-0.05, 0) is 33.8 Å². The lowest BCUT2D eigenvalue weighted by molar-refractivity contribution is 0.0504. The zero-order valence-electron chi connectivity index (χ0n) is 13.8. The molecular formula is C17H26N2O3. The summed E-state index contributed by atoms with van der Waals surface area (Å²) in [5.41, 5.74) is 0.630. The number of hydrogen-bond donors (Lipinski definition) is 2. The van der Waals surface area contributed by atoms with Crippen LogP contribution in [0.25, 0.3) is 0 Å². The molecule has 0 spiro atoms. The smallest absolute Gasteiger partial charge is 0.407 e. The van der Waals surface area contributed by atoms with Crippen LogP contribution >= 0.6 is 0 Å². The maximum absolute atomic E-state index is 12.0. The van der Waals surface area contributed by atoms with Gasteiger partial charge in [-0.25, -0.2) is 4.79 Å². The van der Waals surface area contributed by atoms with Crippen LogP contribution in [0.4, 0.5) is 4.79 Å². The third kappa shape index (κ3) is 4.37. The number of nitrogens with one attached hydrogen (secondary N) is 2. The largest absolute Gasteiger partial charge is 0.494 e. The molecule has 122 valence electrons. The quantitative estimate of drug-likeness (QED) is 0.898. The Kier molecular flexibility index (Phi) is 5.29. The molecule has 1 aromatic carbocycles. The molecule has 0 aliphatic carbocycles. The molecule has 0 radical (unpaired) electrons. The lowest BCUT2D eigenvalue weighted by Gasteiger charge is -2.25. The van der Waals surface area contributed by atoms with E-state index in [2.05, 4.69) is 16.7 Å². The van der Waals surface area contributed by atoms with Crippen LogP contribution in [0, 0.1) is 0 Å². The summed E-state index contributed by atoms with van der Waals surface area (Å²) in [4.78, 5) is 12.0. The highest BCUT2D eigenvalue weighted by atomic mass is 16.6. The van der Waals surface area contributed by atoms with Crippen LogP contribution in [0.3, 0.4) is 0 Å². The molecule has 0 aromatic heterocycles. The third-order valence-corrected chi connectivity index (χ3v) is 3.53. The van der Waals surface area contributed by atoms with Crippen LogP contribution < -0.4 is 15.4 Å². The Labute approximate surface area is 132 Å². The molecule has 2 atom stereocenters.